The van der Waals surface area contributed by atoms with Crippen LogP contribution < -0.4 is 0 Å². The van der Waals surface area contributed by atoms with Gasteiger partial charge in [0.05, 0.1) is 11.0 Å². The lowest BCUT2D eigenvalue weighted by Gasteiger charge is -2.14. The number of fused-ring (bicyclic) bond motifs is 12. The molecule has 2 nitrogen and oxygen atoms in total. The second kappa shape index (κ2) is 9.57. The van der Waals surface area contributed by atoms with Crippen LogP contribution in [0.4, 0.5) is 0 Å². The van der Waals surface area contributed by atoms with Gasteiger partial charge in [0.15, 0.2) is 5.58 Å². The van der Waals surface area contributed by atoms with E-state index in [1.165, 1.54) is 71.3 Å². The fraction of sp³-hybridized carbons (Fsp3) is 0. The first-order valence-corrected chi connectivity index (χ1v) is 16.5. The average molecular weight is 610 g/mol. The zero-order valence-corrected chi connectivity index (χ0v) is 25.9. The van der Waals surface area contributed by atoms with Crippen molar-refractivity contribution in [3.8, 4) is 33.4 Å². The SMILES string of the molecule is c1ccc(-c2cc(-c3ccccc3)cc(-c3cc4c(oc5c6cc7ccccc7c7c8ccccc8n(c45)c67)c4ccccc34)c2)cc1. The van der Waals surface area contributed by atoms with E-state index in [0.29, 0.717) is 0 Å². The maximum atomic E-state index is 7.01. The van der Waals surface area contributed by atoms with Gasteiger partial charge < -0.3 is 8.82 Å². The van der Waals surface area contributed by atoms with Gasteiger partial charge in [-0.1, -0.05) is 127 Å². The summed E-state index contributed by atoms with van der Waals surface area (Å²) in [5, 5.41) is 9.67. The average Bonchev–Trinajstić information content (AvgIpc) is 3.81. The van der Waals surface area contributed by atoms with Crippen LogP contribution >= 0.6 is 0 Å². The first-order chi connectivity index (χ1) is 23.8. The molecule has 11 rings (SSSR count). The molecule has 0 unspecified atom stereocenters. The highest BCUT2D eigenvalue weighted by atomic mass is 16.3. The van der Waals surface area contributed by atoms with Gasteiger partial charge in [-0.3, -0.25) is 0 Å². The Morgan fingerprint density at radius 1 is 0.354 bits per heavy atom. The molecule has 0 saturated heterocycles. The molecule has 0 saturated carbocycles. The molecule has 0 radical (unpaired) electrons. The summed E-state index contributed by atoms with van der Waals surface area (Å²) in [4.78, 5) is 0. The molecule has 8 aromatic carbocycles. The van der Waals surface area contributed by atoms with E-state index >= 15 is 0 Å². The van der Waals surface area contributed by atoms with E-state index in [0.717, 1.165) is 32.8 Å². The van der Waals surface area contributed by atoms with Crippen LogP contribution in [0.5, 0.6) is 0 Å². The maximum absolute atomic E-state index is 7.01. The Hall–Kier alpha value is -6.38. The van der Waals surface area contributed by atoms with E-state index in [1.54, 1.807) is 0 Å². The third-order valence-electron chi connectivity index (χ3n) is 10.3. The van der Waals surface area contributed by atoms with Gasteiger partial charge in [0.25, 0.3) is 0 Å². The number of hydrogen-bond acceptors (Lipinski definition) is 1. The highest BCUT2D eigenvalue weighted by Crippen LogP contribution is 2.48. The normalized spacial score (nSPS) is 12.2. The minimum absolute atomic E-state index is 0.937. The standard InChI is InChI=1S/C46H27NO/c1-3-13-28(14-4-1)31-23-32(29-15-5-2-6-16-29)25-33(24-31)38-27-40-44-46(48-45(40)36-20-10-9-19-35(36)38)39-26-30-17-7-8-18-34(30)42-37-21-11-12-22-41(37)47(44)43(39)42/h1-27H. The van der Waals surface area contributed by atoms with Gasteiger partial charge in [0.1, 0.15) is 11.1 Å². The Morgan fingerprint density at radius 3 is 1.65 bits per heavy atom. The van der Waals surface area contributed by atoms with E-state index in [-0.39, 0.29) is 0 Å². The zero-order chi connectivity index (χ0) is 31.3. The van der Waals surface area contributed by atoms with Gasteiger partial charge in [-0.15, -0.1) is 0 Å². The Bertz CT molecular complexity index is 2980. The summed E-state index contributed by atoms with van der Waals surface area (Å²) >= 11 is 0. The molecule has 48 heavy (non-hydrogen) atoms. The Kier molecular flexibility index (Phi) is 5.14. The predicted octanol–water partition coefficient (Wildman–Crippen LogP) is 12.9. The van der Waals surface area contributed by atoms with Crippen molar-refractivity contribution in [2.24, 2.45) is 0 Å². The van der Waals surface area contributed by atoms with Gasteiger partial charge in [0.2, 0.25) is 0 Å². The molecule has 11 aromatic rings. The summed E-state index contributed by atoms with van der Waals surface area (Å²) in [6.45, 7) is 0. The molecule has 3 aromatic heterocycles. The van der Waals surface area contributed by atoms with Gasteiger partial charge in [-0.25, -0.2) is 0 Å². The molecule has 0 amide bonds. The summed E-state index contributed by atoms with van der Waals surface area (Å²) in [6.07, 6.45) is 0. The maximum Gasteiger partial charge on any atom is 0.161 e. The van der Waals surface area contributed by atoms with Crippen molar-refractivity contribution in [3.05, 3.63) is 164 Å². The fourth-order valence-corrected chi connectivity index (χ4v) is 8.18. The van der Waals surface area contributed by atoms with Gasteiger partial charge >= 0.3 is 0 Å². The third kappa shape index (κ3) is 3.46. The Balaban J connectivity index is 1.30. The monoisotopic (exact) mass is 609 g/mol. The second-order valence-electron chi connectivity index (χ2n) is 12.9. The largest absolute Gasteiger partial charge is 0.453 e. The molecule has 222 valence electrons. The summed E-state index contributed by atoms with van der Waals surface area (Å²) in [5.41, 5.74) is 12.7. The van der Waals surface area contributed by atoms with Gasteiger partial charge in [-0.05, 0) is 85.9 Å². The van der Waals surface area contributed by atoms with Crippen molar-refractivity contribution in [1.82, 2.24) is 4.40 Å². The molecule has 0 aliphatic heterocycles. The number of aromatic nitrogens is 1. The Morgan fingerprint density at radius 2 is 0.917 bits per heavy atom. The third-order valence-corrected chi connectivity index (χ3v) is 10.3. The van der Waals surface area contributed by atoms with Crippen molar-refractivity contribution in [3.63, 3.8) is 0 Å². The topological polar surface area (TPSA) is 17.6 Å². The van der Waals surface area contributed by atoms with Crippen molar-refractivity contribution in [1.29, 1.82) is 0 Å². The van der Waals surface area contributed by atoms with Crippen LogP contribution in [-0.4, -0.2) is 4.40 Å². The highest BCUT2D eigenvalue weighted by Gasteiger charge is 2.25. The molecular formula is C46H27NO. The summed E-state index contributed by atoms with van der Waals surface area (Å²) in [6, 6.07) is 59.4. The number of para-hydroxylation sites is 1. The van der Waals surface area contributed by atoms with E-state index in [2.05, 4.69) is 168 Å². The smallest absolute Gasteiger partial charge is 0.161 e. The molecule has 0 spiro atoms. The summed E-state index contributed by atoms with van der Waals surface area (Å²) in [5.74, 6) is 0. The minimum Gasteiger partial charge on any atom is -0.453 e. The molecule has 0 fully saturated rings. The summed E-state index contributed by atoms with van der Waals surface area (Å²) < 4.78 is 9.47. The number of hydrogen-bond donors (Lipinski definition) is 0. The van der Waals surface area contributed by atoms with Crippen LogP contribution in [0.25, 0.3) is 104 Å². The number of furan rings is 1. The van der Waals surface area contributed by atoms with Crippen molar-refractivity contribution < 1.29 is 4.42 Å². The fourth-order valence-electron chi connectivity index (χ4n) is 8.18. The second-order valence-corrected chi connectivity index (χ2v) is 12.9. The van der Waals surface area contributed by atoms with Crippen LogP contribution in [0.3, 0.4) is 0 Å². The van der Waals surface area contributed by atoms with Gasteiger partial charge in [-0.2, -0.15) is 0 Å². The van der Waals surface area contributed by atoms with Crippen molar-refractivity contribution >= 4 is 70.8 Å². The first kappa shape index (κ1) is 25.8. The first-order valence-electron chi connectivity index (χ1n) is 16.5. The van der Waals surface area contributed by atoms with Crippen LogP contribution in [0.15, 0.2) is 168 Å². The summed E-state index contributed by atoms with van der Waals surface area (Å²) in [7, 11) is 0. The van der Waals surface area contributed by atoms with Crippen LogP contribution in [0.2, 0.25) is 0 Å². The number of benzene rings is 8. The van der Waals surface area contributed by atoms with Crippen LogP contribution in [-0.2, 0) is 0 Å². The molecule has 0 atom stereocenters. The van der Waals surface area contributed by atoms with Crippen molar-refractivity contribution in [2.45, 2.75) is 0 Å². The molecule has 2 heteroatoms. The van der Waals surface area contributed by atoms with Crippen molar-refractivity contribution in [2.75, 3.05) is 0 Å². The number of nitrogens with zero attached hydrogens (tertiary/aromatic N) is 1. The lowest BCUT2D eigenvalue weighted by atomic mass is 9.90. The van der Waals surface area contributed by atoms with E-state index in [9.17, 15) is 0 Å². The molecule has 3 heterocycles. The Labute approximate surface area is 276 Å². The van der Waals surface area contributed by atoms with Gasteiger partial charge in [0, 0.05) is 26.9 Å². The molecular weight excluding hydrogens is 583 g/mol. The quantitative estimate of drug-likeness (QED) is 0.195. The zero-order valence-electron chi connectivity index (χ0n) is 25.9. The van der Waals surface area contributed by atoms with E-state index in [4.69, 9.17) is 4.42 Å². The molecule has 0 N–H and O–H groups in total. The highest BCUT2D eigenvalue weighted by molar-refractivity contribution is 6.33. The minimum atomic E-state index is 0.937. The lowest BCUT2D eigenvalue weighted by molar-refractivity contribution is 0.676. The van der Waals surface area contributed by atoms with E-state index in [1.807, 2.05) is 0 Å². The molecule has 0 aliphatic rings. The predicted molar refractivity (Wildman–Crippen MR) is 202 cm³/mol. The van der Waals surface area contributed by atoms with E-state index < -0.39 is 0 Å². The lowest BCUT2D eigenvalue weighted by Crippen LogP contribution is -1.88. The number of rotatable bonds is 3. The molecule has 0 aliphatic carbocycles. The molecule has 0 bridgehead atoms. The van der Waals surface area contributed by atoms with Crippen LogP contribution in [0, 0.1) is 0 Å². The van der Waals surface area contributed by atoms with Crippen LogP contribution in [0.1, 0.15) is 0 Å².